The topological polar surface area (TPSA) is 84.5 Å². The van der Waals surface area contributed by atoms with E-state index < -0.39 is 5.54 Å². The van der Waals surface area contributed by atoms with Crippen LogP contribution >= 0.6 is 0 Å². The van der Waals surface area contributed by atoms with Gasteiger partial charge in [0.1, 0.15) is 0 Å². The number of hydrogen-bond acceptors (Lipinski definition) is 4. The molecule has 0 unspecified atom stereocenters. The standard InChI is InChI=1S/C26H22N2O4/c29-24(20-5-1-3-18(13-20)22-7-11-31-15-22)27-17-26(9-10-26)28-25(30)21-6-2-4-19(14-21)23-8-12-32-16-23/h1-8,11-16H,9-10,17H2,(H,27,29)(H,28,30). The highest BCUT2D eigenvalue weighted by Gasteiger charge is 2.44. The number of carbonyl (C=O) groups is 2. The molecule has 0 saturated heterocycles. The van der Waals surface area contributed by atoms with Gasteiger partial charge in [0, 0.05) is 28.8 Å². The Bertz CT molecular complexity index is 1240. The summed E-state index contributed by atoms with van der Waals surface area (Å²) in [6.07, 6.45) is 8.16. The predicted molar refractivity (Wildman–Crippen MR) is 120 cm³/mol. The normalized spacial score (nSPS) is 14.0. The zero-order valence-corrected chi connectivity index (χ0v) is 17.3. The fourth-order valence-electron chi connectivity index (χ4n) is 3.70. The molecule has 5 rings (SSSR count). The van der Waals surface area contributed by atoms with Gasteiger partial charge in [-0.2, -0.15) is 0 Å². The fraction of sp³-hybridized carbons (Fsp3) is 0.154. The van der Waals surface area contributed by atoms with Crippen LogP contribution in [0.1, 0.15) is 33.6 Å². The van der Waals surface area contributed by atoms with Gasteiger partial charge in [-0.1, -0.05) is 24.3 Å². The molecule has 2 amide bonds. The number of furan rings is 2. The lowest BCUT2D eigenvalue weighted by Crippen LogP contribution is -2.45. The van der Waals surface area contributed by atoms with Crippen molar-refractivity contribution in [2.75, 3.05) is 6.54 Å². The van der Waals surface area contributed by atoms with Crippen LogP contribution in [-0.4, -0.2) is 23.9 Å². The molecule has 2 heterocycles. The molecule has 0 aliphatic heterocycles. The van der Waals surface area contributed by atoms with Gasteiger partial charge in [-0.05, 0) is 60.4 Å². The van der Waals surface area contributed by atoms with Crippen molar-refractivity contribution < 1.29 is 18.4 Å². The summed E-state index contributed by atoms with van der Waals surface area (Å²) in [4.78, 5) is 25.6. The van der Waals surface area contributed by atoms with Gasteiger partial charge < -0.3 is 19.5 Å². The molecule has 1 aliphatic carbocycles. The first-order valence-electron chi connectivity index (χ1n) is 10.5. The van der Waals surface area contributed by atoms with E-state index in [1.165, 1.54) is 0 Å². The van der Waals surface area contributed by atoms with Gasteiger partial charge in [0.25, 0.3) is 11.8 Å². The third-order valence-corrected chi connectivity index (χ3v) is 5.78. The van der Waals surface area contributed by atoms with Crippen LogP contribution in [0.25, 0.3) is 22.3 Å². The van der Waals surface area contributed by atoms with E-state index in [0.29, 0.717) is 17.7 Å². The molecular weight excluding hydrogens is 404 g/mol. The summed E-state index contributed by atoms with van der Waals surface area (Å²) in [7, 11) is 0. The monoisotopic (exact) mass is 426 g/mol. The van der Waals surface area contributed by atoms with Gasteiger partial charge in [-0.25, -0.2) is 0 Å². The van der Waals surface area contributed by atoms with Gasteiger partial charge in [-0.3, -0.25) is 9.59 Å². The molecule has 32 heavy (non-hydrogen) atoms. The molecule has 6 nitrogen and oxygen atoms in total. The zero-order chi connectivity index (χ0) is 22.0. The fourth-order valence-corrected chi connectivity index (χ4v) is 3.70. The average Bonchev–Trinajstić information content (AvgIpc) is 3.23. The van der Waals surface area contributed by atoms with E-state index in [2.05, 4.69) is 10.6 Å². The Labute approximate surface area is 185 Å². The van der Waals surface area contributed by atoms with Crippen molar-refractivity contribution in [2.45, 2.75) is 18.4 Å². The third-order valence-electron chi connectivity index (χ3n) is 5.78. The first kappa shape index (κ1) is 19.9. The van der Waals surface area contributed by atoms with Crippen molar-refractivity contribution >= 4 is 11.8 Å². The summed E-state index contributed by atoms with van der Waals surface area (Å²) < 4.78 is 10.3. The average molecular weight is 426 g/mol. The van der Waals surface area contributed by atoms with Gasteiger partial charge in [-0.15, -0.1) is 0 Å². The maximum absolute atomic E-state index is 12.9. The van der Waals surface area contributed by atoms with Gasteiger partial charge in [0.15, 0.2) is 0 Å². The highest BCUT2D eigenvalue weighted by Crippen LogP contribution is 2.35. The predicted octanol–water partition coefficient (Wildman–Crippen LogP) is 4.90. The summed E-state index contributed by atoms with van der Waals surface area (Å²) >= 11 is 0. The second-order valence-corrected chi connectivity index (χ2v) is 8.10. The lowest BCUT2D eigenvalue weighted by molar-refractivity contribution is 0.0902. The van der Waals surface area contributed by atoms with Crippen LogP contribution < -0.4 is 10.6 Å². The first-order chi connectivity index (χ1) is 15.6. The zero-order valence-electron chi connectivity index (χ0n) is 17.3. The highest BCUT2D eigenvalue weighted by molar-refractivity contribution is 5.97. The molecule has 0 radical (unpaired) electrons. The molecule has 1 aliphatic rings. The van der Waals surface area contributed by atoms with E-state index in [-0.39, 0.29) is 11.8 Å². The lowest BCUT2D eigenvalue weighted by Gasteiger charge is -2.18. The molecule has 2 aromatic heterocycles. The van der Waals surface area contributed by atoms with E-state index >= 15 is 0 Å². The van der Waals surface area contributed by atoms with Crippen molar-refractivity contribution in [3.63, 3.8) is 0 Å². The summed E-state index contributed by atoms with van der Waals surface area (Å²) in [5.74, 6) is -0.318. The van der Waals surface area contributed by atoms with Crippen molar-refractivity contribution in [3.05, 3.63) is 96.8 Å². The molecule has 2 N–H and O–H groups in total. The van der Waals surface area contributed by atoms with Crippen LogP contribution in [0, 0.1) is 0 Å². The molecule has 2 aromatic carbocycles. The molecule has 1 saturated carbocycles. The van der Waals surface area contributed by atoms with E-state index in [4.69, 9.17) is 8.83 Å². The Morgan fingerprint density at radius 1 is 0.750 bits per heavy atom. The highest BCUT2D eigenvalue weighted by atomic mass is 16.3. The van der Waals surface area contributed by atoms with Crippen molar-refractivity contribution in [2.24, 2.45) is 0 Å². The van der Waals surface area contributed by atoms with Crippen molar-refractivity contribution in [1.29, 1.82) is 0 Å². The molecule has 4 aromatic rings. The summed E-state index contributed by atoms with van der Waals surface area (Å²) in [6, 6.07) is 18.5. The van der Waals surface area contributed by atoms with Gasteiger partial charge >= 0.3 is 0 Å². The number of carbonyl (C=O) groups excluding carboxylic acids is 2. The molecule has 0 bridgehead atoms. The van der Waals surface area contributed by atoms with Crippen LogP contribution in [0.15, 0.2) is 94.6 Å². The van der Waals surface area contributed by atoms with E-state index in [9.17, 15) is 9.59 Å². The van der Waals surface area contributed by atoms with Crippen molar-refractivity contribution in [3.8, 4) is 22.3 Å². The third kappa shape index (κ3) is 4.21. The maximum atomic E-state index is 12.9. The van der Waals surface area contributed by atoms with Crippen molar-refractivity contribution in [1.82, 2.24) is 10.6 Å². The molecule has 1 fully saturated rings. The quantitative estimate of drug-likeness (QED) is 0.440. The molecule has 0 atom stereocenters. The largest absolute Gasteiger partial charge is 0.472 e. The summed E-state index contributed by atoms with van der Waals surface area (Å²) in [6.45, 7) is 0.384. The molecule has 0 spiro atoms. The van der Waals surface area contributed by atoms with Crippen LogP contribution in [0.4, 0.5) is 0 Å². The SMILES string of the molecule is O=C(NCC1(NC(=O)c2cccc(-c3ccoc3)c2)CC1)c1cccc(-c2ccoc2)c1. The van der Waals surface area contributed by atoms with Crippen LogP contribution in [0.5, 0.6) is 0 Å². The maximum Gasteiger partial charge on any atom is 0.251 e. The minimum Gasteiger partial charge on any atom is -0.472 e. The van der Waals surface area contributed by atoms with Crippen LogP contribution in [0.2, 0.25) is 0 Å². The Kier molecular flexibility index (Phi) is 5.11. The van der Waals surface area contributed by atoms with E-state index in [0.717, 1.165) is 35.1 Å². The second kappa shape index (κ2) is 8.23. The Morgan fingerprint density at radius 2 is 1.31 bits per heavy atom. The number of amides is 2. The number of benzene rings is 2. The van der Waals surface area contributed by atoms with Gasteiger partial charge in [0.2, 0.25) is 0 Å². The molecule has 6 heteroatoms. The Balaban J connectivity index is 1.22. The minimum atomic E-state index is -0.402. The first-order valence-corrected chi connectivity index (χ1v) is 10.5. The smallest absolute Gasteiger partial charge is 0.251 e. The molecule has 160 valence electrons. The van der Waals surface area contributed by atoms with E-state index in [1.54, 1.807) is 37.2 Å². The number of nitrogens with one attached hydrogen (secondary N) is 2. The van der Waals surface area contributed by atoms with Gasteiger partial charge in [0.05, 0.1) is 30.6 Å². The summed E-state index contributed by atoms with van der Waals surface area (Å²) in [5.41, 5.74) is 4.42. The lowest BCUT2D eigenvalue weighted by atomic mass is 10.0. The molecular formula is C26H22N2O4. The Morgan fingerprint density at radius 3 is 1.81 bits per heavy atom. The number of rotatable bonds is 7. The Hall–Kier alpha value is -4.06. The van der Waals surface area contributed by atoms with Crippen LogP contribution in [0.3, 0.4) is 0 Å². The number of hydrogen-bond donors (Lipinski definition) is 2. The minimum absolute atomic E-state index is 0.149. The van der Waals surface area contributed by atoms with Crippen LogP contribution in [-0.2, 0) is 0 Å². The van der Waals surface area contributed by atoms with E-state index in [1.807, 2.05) is 48.5 Å². The second-order valence-electron chi connectivity index (χ2n) is 8.10. The summed E-state index contributed by atoms with van der Waals surface area (Å²) in [5, 5.41) is 6.08.